The van der Waals surface area contributed by atoms with E-state index in [1.165, 1.54) is 32.1 Å². The molecule has 0 aromatic heterocycles. The minimum Gasteiger partial charge on any atom is -0.353 e. The first-order chi connectivity index (χ1) is 14.7. The first-order valence-electron chi connectivity index (χ1n) is 12.5. The second-order valence-electron chi connectivity index (χ2n) is 9.58. The van der Waals surface area contributed by atoms with E-state index in [9.17, 15) is 4.79 Å². The quantitative estimate of drug-likeness (QED) is 0.360. The minimum absolute atomic E-state index is 0.0701. The van der Waals surface area contributed by atoms with Gasteiger partial charge in [0.05, 0.1) is 12.2 Å². The first-order valence-corrected chi connectivity index (χ1v) is 12.5. The number of ether oxygens (including phenoxy) is 4. The molecule has 0 amide bonds. The number of hydrogen-bond acceptors (Lipinski definition) is 5. The topological polar surface area (TPSA) is 54.0 Å². The molecule has 4 rings (SSSR count). The lowest BCUT2D eigenvalue weighted by atomic mass is 9.71. The van der Waals surface area contributed by atoms with Crippen molar-refractivity contribution < 1.29 is 23.7 Å². The Hall–Kier alpha value is -0.750. The van der Waals surface area contributed by atoms with Gasteiger partial charge in [0.1, 0.15) is 5.78 Å². The van der Waals surface area contributed by atoms with E-state index >= 15 is 0 Å². The average molecular weight is 421 g/mol. The molecule has 2 saturated heterocycles. The fourth-order valence-corrected chi connectivity index (χ4v) is 5.50. The van der Waals surface area contributed by atoms with Crippen molar-refractivity contribution in [1.82, 2.24) is 0 Å². The third-order valence-corrected chi connectivity index (χ3v) is 7.35. The zero-order valence-corrected chi connectivity index (χ0v) is 18.6. The van der Waals surface area contributed by atoms with Gasteiger partial charge in [0.2, 0.25) is 0 Å². The van der Waals surface area contributed by atoms with Crippen LogP contribution in [0, 0.1) is 17.8 Å². The van der Waals surface area contributed by atoms with Gasteiger partial charge in [-0.15, -0.1) is 0 Å². The van der Waals surface area contributed by atoms with Gasteiger partial charge in [-0.1, -0.05) is 38.3 Å². The molecule has 4 fully saturated rings. The number of Topliss-reactive ketones (excluding diaryl/α,β-unsaturated/α-hetero) is 1. The minimum atomic E-state index is -0.0977. The highest BCUT2D eigenvalue weighted by Gasteiger charge is 2.53. The van der Waals surface area contributed by atoms with Gasteiger partial charge in [0, 0.05) is 31.5 Å². The molecular weight excluding hydrogens is 380 g/mol. The number of carbonyl (C=O) groups is 1. The second kappa shape index (κ2) is 11.2. The lowest BCUT2D eigenvalue weighted by molar-refractivity contribution is -0.192. The molecule has 0 radical (unpaired) electrons. The molecule has 2 saturated carbocycles. The number of fused-ring (bicyclic) bond motifs is 1. The molecule has 170 valence electrons. The molecule has 30 heavy (non-hydrogen) atoms. The molecule has 2 aliphatic heterocycles. The van der Waals surface area contributed by atoms with Crippen LogP contribution in [0.4, 0.5) is 0 Å². The van der Waals surface area contributed by atoms with Crippen LogP contribution in [0.1, 0.15) is 84.0 Å². The van der Waals surface area contributed by atoms with Crippen LogP contribution < -0.4 is 0 Å². The van der Waals surface area contributed by atoms with Crippen molar-refractivity contribution in [2.45, 2.75) is 109 Å². The summed E-state index contributed by atoms with van der Waals surface area (Å²) in [6, 6.07) is 0. The predicted octanol–water partition coefficient (Wildman–Crippen LogP) is 5.17. The van der Waals surface area contributed by atoms with Crippen molar-refractivity contribution in [3.63, 3.8) is 0 Å². The van der Waals surface area contributed by atoms with Crippen LogP contribution in [-0.4, -0.2) is 43.8 Å². The molecule has 4 aliphatic rings. The summed E-state index contributed by atoms with van der Waals surface area (Å²) < 4.78 is 24.4. The van der Waals surface area contributed by atoms with Crippen LogP contribution in [-0.2, 0) is 23.7 Å². The summed E-state index contributed by atoms with van der Waals surface area (Å²) in [6.07, 6.45) is 17.3. The van der Waals surface area contributed by atoms with Gasteiger partial charge < -0.3 is 18.9 Å². The Morgan fingerprint density at radius 3 is 2.50 bits per heavy atom. The summed E-state index contributed by atoms with van der Waals surface area (Å²) in [5, 5.41) is 0. The molecule has 3 unspecified atom stereocenters. The predicted molar refractivity (Wildman–Crippen MR) is 115 cm³/mol. The van der Waals surface area contributed by atoms with E-state index in [0.29, 0.717) is 24.0 Å². The maximum atomic E-state index is 12.1. The molecule has 5 nitrogen and oxygen atoms in total. The van der Waals surface area contributed by atoms with Gasteiger partial charge in [0.25, 0.3) is 0 Å². The third kappa shape index (κ3) is 5.73. The summed E-state index contributed by atoms with van der Waals surface area (Å²) in [4.78, 5) is 12.1. The van der Waals surface area contributed by atoms with E-state index in [4.69, 9.17) is 18.9 Å². The van der Waals surface area contributed by atoms with Crippen molar-refractivity contribution >= 4 is 5.78 Å². The molecule has 0 bridgehead atoms. The Morgan fingerprint density at radius 2 is 1.83 bits per heavy atom. The largest absolute Gasteiger partial charge is 0.353 e. The van der Waals surface area contributed by atoms with Crippen LogP contribution >= 0.6 is 0 Å². The van der Waals surface area contributed by atoms with E-state index in [1.807, 2.05) is 0 Å². The molecule has 7 atom stereocenters. The molecule has 2 heterocycles. The maximum absolute atomic E-state index is 12.1. The van der Waals surface area contributed by atoms with Gasteiger partial charge >= 0.3 is 0 Å². The van der Waals surface area contributed by atoms with Crippen LogP contribution in [0.15, 0.2) is 12.2 Å². The summed E-state index contributed by atoms with van der Waals surface area (Å²) in [6.45, 7) is 3.83. The lowest BCUT2D eigenvalue weighted by Gasteiger charge is -2.32. The summed E-state index contributed by atoms with van der Waals surface area (Å²) >= 11 is 0. The van der Waals surface area contributed by atoms with Crippen molar-refractivity contribution in [1.29, 1.82) is 0 Å². The molecular formula is C25H40O5. The monoisotopic (exact) mass is 420 g/mol. The van der Waals surface area contributed by atoms with Gasteiger partial charge in [0.15, 0.2) is 12.6 Å². The summed E-state index contributed by atoms with van der Waals surface area (Å²) in [5.74, 6) is 1.34. The van der Waals surface area contributed by atoms with Gasteiger partial charge in [-0.3, -0.25) is 4.79 Å². The number of rotatable bonds is 10. The van der Waals surface area contributed by atoms with Gasteiger partial charge in [-0.2, -0.15) is 0 Å². The van der Waals surface area contributed by atoms with Crippen LogP contribution in [0.5, 0.6) is 0 Å². The van der Waals surface area contributed by atoms with Gasteiger partial charge in [-0.05, 0) is 57.3 Å². The Labute approximate surface area is 181 Å². The number of ketones is 1. The smallest absolute Gasteiger partial charge is 0.158 e. The molecule has 0 aromatic rings. The highest BCUT2D eigenvalue weighted by atomic mass is 16.7. The average Bonchev–Trinajstić information content (AvgIpc) is 3.05. The Bertz CT molecular complexity index is 564. The number of carbonyl (C=O) groups excluding carboxylic acids is 1. The molecule has 0 spiro atoms. The molecule has 0 N–H and O–H groups in total. The van der Waals surface area contributed by atoms with E-state index in [2.05, 4.69) is 19.1 Å². The molecule has 2 aliphatic carbocycles. The zero-order valence-electron chi connectivity index (χ0n) is 18.6. The van der Waals surface area contributed by atoms with Crippen molar-refractivity contribution in [3.05, 3.63) is 12.2 Å². The number of hydrogen-bond donors (Lipinski definition) is 0. The maximum Gasteiger partial charge on any atom is 0.158 e. The van der Waals surface area contributed by atoms with E-state index in [1.54, 1.807) is 0 Å². The van der Waals surface area contributed by atoms with Crippen molar-refractivity contribution in [3.8, 4) is 0 Å². The highest BCUT2D eigenvalue weighted by Crippen LogP contribution is 2.50. The fourth-order valence-electron chi connectivity index (χ4n) is 5.50. The van der Waals surface area contributed by atoms with E-state index in [0.717, 1.165) is 51.7 Å². The normalized spacial score (nSPS) is 37.8. The van der Waals surface area contributed by atoms with Gasteiger partial charge in [-0.25, -0.2) is 0 Å². The summed E-state index contributed by atoms with van der Waals surface area (Å²) in [5.41, 5.74) is 0. The Morgan fingerprint density at radius 1 is 1.07 bits per heavy atom. The second-order valence-corrected chi connectivity index (χ2v) is 9.58. The van der Waals surface area contributed by atoms with Crippen LogP contribution in [0.3, 0.4) is 0 Å². The highest BCUT2D eigenvalue weighted by molar-refractivity contribution is 5.88. The Balaban J connectivity index is 1.38. The van der Waals surface area contributed by atoms with E-state index < -0.39 is 0 Å². The van der Waals surface area contributed by atoms with E-state index in [-0.39, 0.29) is 30.7 Å². The Kier molecular flexibility index (Phi) is 8.39. The summed E-state index contributed by atoms with van der Waals surface area (Å²) in [7, 11) is 0. The standard InChI is InChI=1S/C25H40O5/c1-2-3-4-9-18(29-24-10-5-7-14-27-24)12-13-19-20-16-22(26)21(20)17-23(19)30-25-11-6-8-15-28-25/h12-13,18-21,23-25H,2-11,14-17H2,1H3/t18?,19-,20-,21+,23-,24?,25?/m0/s1. The zero-order chi connectivity index (χ0) is 20.8. The third-order valence-electron chi connectivity index (χ3n) is 7.35. The van der Waals surface area contributed by atoms with Crippen molar-refractivity contribution in [2.75, 3.05) is 13.2 Å². The molecule has 5 heteroatoms. The van der Waals surface area contributed by atoms with Crippen molar-refractivity contribution in [2.24, 2.45) is 17.8 Å². The fraction of sp³-hybridized carbons (Fsp3) is 0.880. The van der Waals surface area contributed by atoms with Crippen LogP contribution in [0.2, 0.25) is 0 Å². The van der Waals surface area contributed by atoms with Crippen LogP contribution in [0.25, 0.3) is 0 Å². The SMILES string of the molecule is CCCCCC(C=C[C@H]1[C@@H]2CC(=O)[C@@H]2C[C@@H]1OC1CCCCO1)OC1CCCCO1. The number of unbranched alkanes of at least 4 members (excludes halogenated alkanes) is 2. The lowest BCUT2D eigenvalue weighted by Crippen LogP contribution is -2.36. The molecule has 0 aromatic carbocycles. The first kappa shape index (κ1) is 22.4.